The molecule has 1 saturated heterocycles. The van der Waals surface area contributed by atoms with Gasteiger partial charge in [-0.1, -0.05) is 29.8 Å². The maximum atomic E-state index is 12.3. The van der Waals surface area contributed by atoms with Crippen LogP contribution in [0.3, 0.4) is 0 Å². The average molecular weight is 354 g/mol. The standard InChI is InChI=1S/C21H26N2O3/c1-17-5-7-20(8-6-17)26-12-9-22-21(24)19-4-2-3-18(15-19)16-23-10-13-25-14-11-23/h2-8,15H,9-14,16H2,1H3,(H,22,24). The van der Waals surface area contributed by atoms with Gasteiger partial charge in [0, 0.05) is 25.2 Å². The molecule has 0 unspecified atom stereocenters. The van der Waals surface area contributed by atoms with Crippen LogP contribution in [-0.4, -0.2) is 50.3 Å². The first-order valence-electron chi connectivity index (χ1n) is 9.07. The van der Waals surface area contributed by atoms with Gasteiger partial charge in [-0.2, -0.15) is 0 Å². The summed E-state index contributed by atoms with van der Waals surface area (Å²) in [6.07, 6.45) is 0. The van der Waals surface area contributed by atoms with Crippen LogP contribution < -0.4 is 10.1 Å². The molecule has 138 valence electrons. The van der Waals surface area contributed by atoms with Gasteiger partial charge in [-0.15, -0.1) is 0 Å². The van der Waals surface area contributed by atoms with Crippen molar-refractivity contribution in [1.29, 1.82) is 0 Å². The second kappa shape index (κ2) is 9.36. The highest BCUT2D eigenvalue weighted by Crippen LogP contribution is 2.11. The summed E-state index contributed by atoms with van der Waals surface area (Å²) < 4.78 is 11.0. The smallest absolute Gasteiger partial charge is 0.251 e. The highest BCUT2D eigenvalue weighted by molar-refractivity contribution is 5.94. The lowest BCUT2D eigenvalue weighted by Gasteiger charge is -2.26. The van der Waals surface area contributed by atoms with E-state index < -0.39 is 0 Å². The van der Waals surface area contributed by atoms with Crippen LogP contribution in [0.5, 0.6) is 5.75 Å². The van der Waals surface area contributed by atoms with Crippen molar-refractivity contribution in [3.8, 4) is 5.75 Å². The molecule has 5 nitrogen and oxygen atoms in total. The Bertz CT molecular complexity index is 709. The Labute approximate surface area is 154 Å². The number of carbonyl (C=O) groups is 1. The molecule has 1 amide bonds. The van der Waals surface area contributed by atoms with Gasteiger partial charge in [0.05, 0.1) is 19.8 Å². The largest absolute Gasteiger partial charge is 0.492 e. The SMILES string of the molecule is Cc1ccc(OCCNC(=O)c2cccc(CN3CCOCC3)c2)cc1. The average Bonchev–Trinajstić information content (AvgIpc) is 2.67. The Morgan fingerprint density at radius 2 is 1.92 bits per heavy atom. The second-order valence-corrected chi connectivity index (χ2v) is 6.51. The summed E-state index contributed by atoms with van der Waals surface area (Å²) in [5.41, 5.74) is 3.03. The molecule has 5 heteroatoms. The lowest BCUT2D eigenvalue weighted by Crippen LogP contribution is -2.35. The minimum absolute atomic E-state index is 0.0682. The van der Waals surface area contributed by atoms with Crippen LogP contribution in [0.4, 0.5) is 0 Å². The Kier molecular flexibility index (Phi) is 6.63. The van der Waals surface area contributed by atoms with E-state index in [1.807, 2.05) is 49.4 Å². The summed E-state index contributed by atoms with van der Waals surface area (Å²) in [4.78, 5) is 14.7. The molecule has 1 aliphatic heterocycles. The number of hydrogen-bond donors (Lipinski definition) is 1. The molecule has 0 aliphatic carbocycles. The van der Waals surface area contributed by atoms with Crippen LogP contribution >= 0.6 is 0 Å². The van der Waals surface area contributed by atoms with E-state index in [0.717, 1.165) is 44.2 Å². The van der Waals surface area contributed by atoms with E-state index in [4.69, 9.17) is 9.47 Å². The summed E-state index contributed by atoms with van der Waals surface area (Å²) >= 11 is 0. The molecule has 0 bridgehead atoms. The lowest BCUT2D eigenvalue weighted by atomic mass is 10.1. The van der Waals surface area contributed by atoms with Crippen LogP contribution in [0, 0.1) is 6.92 Å². The molecule has 1 heterocycles. The van der Waals surface area contributed by atoms with Crippen molar-refractivity contribution in [1.82, 2.24) is 10.2 Å². The predicted octanol–water partition coefficient (Wildman–Crippen LogP) is 2.64. The topological polar surface area (TPSA) is 50.8 Å². The lowest BCUT2D eigenvalue weighted by molar-refractivity contribution is 0.0342. The van der Waals surface area contributed by atoms with Crippen molar-refractivity contribution < 1.29 is 14.3 Å². The third-order valence-electron chi connectivity index (χ3n) is 4.38. The fourth-order valence-corrected chi connectivity index (χ4v) is 2.90. The molecule has 2 aromatic rings. The highest BCUT2D eigenvalue weighted by Gasteiger charge is 2.12. The van der Waals surface area contributed by atoms with E-state index in [0.29, 0.717) is 18.7 Å². The maximum Gasteiger partial charge on any atom is 0.251 e. The zero-order chi connectivity index (χ0) is 18.2. The van der Waals surface area contributed by atoms with Crippen LogP contribution in [0.25, 0.3) is 0 Å². The van der Waals surface area contributed by atoms with Crippen LogP contribution in [-0.2, 0) is 11.3 Å². The van der Waals surface area contributed by atoms with Crippen LogP contribution in [0.1, 0.15) is 21.5 Å². The van der Waals surface area contributed by atoms with Crippen molar-refractivity contribution in [3.05, 3.63) is 65.2 Å². The Morgan fingerprint density at radius 1 is 1.15 bits per heavy atom. The van der Waals surface area contributed by atoms with Gasteiger partial charge in [0.1, 0.15) is 12.4 Å². The number of amides is 1. The van der Waals surface area contributed by atoms with Gasteiger partial charge in [0.2, 0.25) is 0 Å². The molecule has 1 aliphatic rings. The van der Waals surface area contributed by atoms with E-state index >= 15 is 0 Å². The summed E-state index contributed by atoms with van der Waals surface area (Å²) in [6.45, 7) is 7.24. The van der Waals surface area contributed by atoms with Gasteiger partial charge in [-0.05, 0) is 36.8 Å². The van der Waals surface area contributed by atoms with Crippen LogP contribution in [0.15, 0.2) is 48.5 Å². The molecular weight excluding hydrogens is 328 g/mol. The fraction of sp³-hybridized carbons (Fsp3) is 0.381. The minimum Gasteiger partial charge on any atom is -0.492 e. The Balaban J connectivity index is 1.45. The molecule has 0 spiro atoms. The number of morpholine rings is 1. The first-order chi connectivity index (χ1) is 12.7. The zero-order valence-corrected chi connectivity index (χ0v) is 15.2. The monoisotopic (exact) mass is 354 g/mol. The van der Waals surface area contributed by atoms with E-state index in [2.05, 4.69) is 16.3 Å². The quantitative estimate of drug-likeness (QED) is 0.777. The van der Waals surface area contributed by atoms with E-state index in [1.54, 1.807) is 0 Å². The Morgan fingerprint density at radius 3 is 2.69 bits per heavy atom. The van der Waals surface area contributed by atoms with Crippen molar-refractivity contribution in [3.63, 3.8) is 0 Å². The van der Waals surface area contributed by atoms with Gasteiger partial charge < -0.3 is 14.8 Å². The summed E-state index contributed by atoms with van der Waals surface area (Å²) in [5.74, 6) is 0.749. The van der Waals surface area contributed by atoms with Crippen molar-refractivity contribution >= 4 is 5.91 Å². The molecule has 0 radical (unpaired) electrons. The molecule has 1 fully saturated rings. The number of benzene rings is 2. The van der Waals surface area contributed by atoms with Crippen molar-refractivity contribution in [2.75, 3.05) is 39.5 Å². The van der Waals surface area contributed by atoms with E-state index in [-0.39, 0.29) is 5.91 Å². The molecule has 0 atom stereocenters. The summed E-state index contributed by atoms with van der Waals surface area (Å²) in [6, 6.07) is 15.7. The number of rotatable bonds is 7. The number of carbonyl (C=O) groups excluding carboxylic acids is 1. The second-order valence-electron chi connectivity index (χ2n) is 6.51. The van der Waals surface area contributed by atoms with Crippen molar-refractivity contribution in [2.24, 2.45) is 0 Å². The van der Waals surface area contributed by atoms with Crippen LogP contribution in [0.2, 0.25) is 0 Å². The van der Waals surface area contributed by atoms with Gasteiger partial charge in [-0.25, -0.2) is 0 Å². The third kappa shape index (κ3) is 5.58. The number of hydrogen-bond acceptors (Lipinski definition) is 4. The third-order valence-corrected chi connectivity index (χ3v) is 4.38. The fourth-order valence-electron chi connectivity index (χ4n) is 2.90. The van der Waals surface area contributed by atoms with Crippen molar-refractivity contribution in [2.45, 2.75) is 13.5 Å². The highest BCUT2D eigenvalue weighted by atomic mass is 16.5. The van der Waals surface area contributed by atoms with E-state index in [9.17, 15) is 4.79 Å². The van der Waals surface area contributed by atoms with Gasteiger partial charge in [0.15, 0.2) is 0 Å². The summed E-state index contributed by atoms with van der Waals surface area (Å²) in [5, 5.41) is 2.91. The number of nitrogens with zero attached hydrogens (tertiary/aromatic N) is 1. The normalized spacial score (nSPS) is 14.8. The zero-order valence-electron chi connectivity index (χ0n) is 15.2. The van der Waals surface area contributed by atoms with Gasteiger partial charge in [-0.3, -0.25) is 9.69 Å². The molecule has 3 rings (SSSR count). The number of nitrogens with one attached hydrogen (secondary N) is 1. The Hall–Kier alpha value is -2.37. The predicted molar refractivity (Wildman–Crippen MR) is 102 cm³/mol. The van der Waals surface area contributed by atoms with Gasteiger partial charge in [0.25, 0.3) is 5.91 Å². The maximum absolute atomic E-state index is 12.3. The molecule has 0 saturated carbocycles. The molecule has 2 aromatic carbocycles. The van der Waals surface area contributed by atoms with E-state index in [1.165, 1.54) is 5.56 Å². The minimum atomic E-state index is -0.0682. The van der Waals surface area contributed by atoms with Gasteiger partial charge >= 0.3 is 0 Å². The first-order valence-corrected chi connectivity index (χ1v) is 9.07. The number of aryl methyl sites for hydroxylation is 1. The summed E-state index contributed by atoms with van der Waals surface area (Å²) in [7, 11) is 0. The first kappa shape index (κ1) is 18.4. The molecular formula is C21H26N2O3. The molecule has 1 N–H and O–H groups in total. The molecule has 0 aromatic heterocycles. The molecule has 26 heavy (non-hydrogen) atoms. The number of ether oxygens (including phenoxy) is 2.